The molecule has 4 aromatic rings. The number of aromatic nitrogens is 3. The summed E-state index contributed by atoms with van der Waals surface area (Å²) in [5.74, 6) is 0.798. The number of aryl methyl sites for hydroxylation is 1. The van der Waals surface area contributed by atoms with Crippen LogP contribution in [0.2, 0.25) is 0 Å². The van der Waals surface area contributed by atoms with E-state index >= 15 is 0 Å². The SMILES string of the molecule is Cc1nc(C#N)c2c3cccnc3c3[c-]cccc3n12.[Ir]. The molecule has 0 aliphatic heterocycles. The molecule has 0 saturated carbocycles. The van der Waals surface area contributed by atoms with E-state index in [9.17, 15) is 5.26 Å². The van der Waals surface area contributed by atoms with E-state index in [0.29, 0.717) is 5.69 Å². The Hall–Kier alpha value is -2.28. The Morgan fingerprint density at radius 2 is 2.14 bits per heavy atom. The van der Waals surface area contributed by atoms with Crippen molar-refractivity contribution in [3.63, 3.8) is 0 Å². The van der Waals surface area contributed by atoms with Gasteiger partial charge in [0.05, 0.1) is 5.52 Å². The predicted octanol–water partition coefficient (Wildman–Crippen LogP) is 3.01. The van der Waals surface area contributed by atoms with Gasteiger partial charge in [0.2, 0.25) is 0 Å². The average molecular weight is 449 g/mol. The van der Waals surface area contributed by atoms with Gasteiger partial charge in [-0.05, 0) is 29.4 Å². The van der Waals surface area contributed by atoms with E-state index in [1.807, 2.05) is 41.7 Å². The second-order valence-electron chi connectivity index (χ2n) is 4.63. The molecule has 103 valence electrons. The number of fused-ring (bicyclic) bond motifs is 6. The molecule has 5 heteroatoms. The maximum Gasteiger partial charge on any atom is 0.165 e. The number of benzene rings is 1. The van der Waals surface area contributed by atoms with Gasteiger partial charge in [-0.1, -0.05) is 6.07 Å². The molecule has 3 aromatic heterocycles. The Bertz CT molecular complexity index is 1030. The predicted molar refractivity (Wildman–Crippen MR) is 76.3 cm³/mol. The molecule has 0 aliphatic rings. The minimum Gasteiger partial charge on any atom is -0.338 e. The Morgan fingerprint density at radius 1 is 1.29 bits per heavy atom. The third kappa shape index (κ3) is 1.77. The van der Waals surface area contributed by atoms with Gasteiger partial charge in [0.1, 0.15) is 11.9 Å². The summed E-state index contributed by atoms with van der Waals surface area (Å²) in [6.45, 7) is 1.91. The van der Waals surface area contributed by atoms with Gasteiger partial charge in [-0.15, -0.1) is 29.7 Å². The van der Waals surface area contributed by atoms with Crippen molar-refractivity contribution in [3.05, 3.63) is 54.1 Å². The van der Waals surface area contributed by atoms with E-state index in [0.717, 1.165) is 33.1 Å². The molecule has 1 aromatic carbocycles. The van der Waals surface area contributed by atoms with E-state index in [2.05, 4.69) is 22.1 Å². The minimum atomic E-state index is 0. The normalized spacial score (nSPS) is 10.7. The summed E-state index contributed by atoms with van der Waals surface area (Å²) < 4.78 is 2.01. The third-order valence-electron chi connectivity index (χ3n) is 3.53. The van der Waals surface area contributed by atoms with Crippen LogP contribution >= 0.6 is 0 Å². The number of rotatable bonds is 0. The summed E-state index contributed by atoms with van der Waals surface area (Å²) in [5, 5.41) is 11.2. The molecular formula is C16H9IrN4-. The van der Waals surface area contributed by atoms with Gasteiger partial charge in [-0.3, -0.25) is 0 Å². The molecule has 0 bridgehead atoms. The van der Waals surface area contributed by atoms with Crippen molar-refractivity contribution >= 4 is 27.3 Å². The first-order valence-electron chi connectivity index (χ1n) is 6.27. The van der Waals surface area contributed by atoms with E-state index in [1.54, 1.807) is 6.20 Å². The summed E-state index contributed by atoms with van der Waals surface area (Å²) in [7, 11) is 0. The molecule has 0 fully saturated rings. The summed E-state index contributed by atoms with van der Waals surface area (Å²) in [4.78, 5) is 8.83. The van der Waals surface area contributed by atoms with Gasteiger partial charge in [0.25, 0.3) is 0 Å². The fourth-order valence-electron chi connectivity index (χ4n) is 2.75. The van der Waals surface area contributed by atoms with Gasteiger partial charge in [0.15, 0.2) is 5.69 Å². The molecule has 0 N–H and O–H groups in total. The Morgan fingerprint density at radius 3 is 2.95 bits per heavy atom. The molecule has 4 nitrogen and oxygen atoms in total. The molecule has 0 aliphatic carbocycles. The van der Waals surface area contributed by atoms with Gasteiger partial charge in [0, 0.05) is 26.3 Å². The van der Waals surface area contributed by atoms with Crippen molar-refractivity contribution in [3.8, 4) is 6.07 Å². The zero-order valence-corrected chi connectivity index (χ0v) is 13.5. The zero-order valence-electron chi connectivity index (χ0n) is 11.1. The van der Waals surface area contributed by atoms with Crippen molar-refractivity contribution in [1.29, 1.82) is 5.26 Å². The minimum absolute atomic E-state index is 0. The number of nitriles is 1. The van der Waals surface area contributed by atoms with E-state index in [-0.39, 0.29) is 20.1 Å². The van der Waals surface area contributed by atoms with Crippen LogP contribution in [0.1, 0.15) is 11.5 Å². The molecule has 0 unspecified atom stereocenters. The van der Waals surface area contributed by atoms with Crippen molar-refractivity contribution in [2.75, 3.05) is 0 Å². The smallest absolute Gasteiger partial charge is 0.165 e. The van der Waals surface area contributed by atoms with Crippen molar-refractivity contribution < 1.29 is 20.1 Å². The fraction of sp³-hybridized carbons (Fsp3) is 0.0625. The summed E-state index contributed by atoms with van der Waals surface area (Å²) >= 11 is 0. The topological polar surface area (TPSA) is 54.0 Å². The molecule has 3 heterocycles. The quantitative estimate of drug-likeness (QED) is 0.306. The molecule has 0 spiro atoms. The summed E-state index contributed by atoms with van der Waals surface area (Å²) in [6, 6.07) is 15.1. The molecular weight excluding hydrogens is 440 g/mol. The van der Waals surface area contributed by atoms with Crippen LogP contribution in [-0.2, 0) is 20.1 Å². The first kappa shape index (κ1) is 13.7. The van der Waals surface area contributed by atoms with Crippen molar-refractivity contribution in [2.24, 2.45) is 0 Å². The fourth-order valence-corrected chi connectivity index (χ4v) is 2.75. The van der Waals surface area contributed by atoms with Gasteiger partial charge in [-0.25, -0.2) is 4.98 Å². The number of imidazole rings is 1. The largest absolute Gasteiger partial charge is 0.338 e. The van der Waals surface area contributed by atoms with Crippen LogP contribution < -0.4 is 0 Å². The van der Waals surface area contributed by atoms with Crippen molar-refractivity contribution in [1.82, 2.24) is 14.4 Å². The van der Waals surface area contributed by atoms with Gasteiger partial charge in [-0.2, -0.15) is 5.26 Å². The summed E-state index contributed by atoms with van der Waals surface area (Å²) in [6.07, 6.45) is 1.76. The Labute approximate surface area is 134 Å². The van der Waals surface area contributed by atoms with Crippen LogP contribution in [0.25, 0.3) is 27.3 Å². The number of hydrogen-bond donors (Lipinski definition) is 0. The van der Waals surface area contributed by atoms with Crippen LogP contribution in [0.3, 0.4) is 0 Å². The monoisotopic (exact) mass is 450 g/mol. The first-order chi connectivity index (χ1) is 9.81. The Kier molecular flexibility index (Phi) is 3.21. The number of nitrogens with zero attached hydrogens (tertiary/aromatic N) is 4. The average Bonchev–Trinajstić information content (AvgIpc) is 2.85. The number of pyridine rings is 2. The molecule has 0 saturated heterocycles. The van der Waals surface area contributed by atoms with Crippen molar-refractivity contribution in [2.45, 2.75) is 6.92 Å². The molecule has 21 heavy (non-hydrogen) atoms. The molecule has 0 atom stereocenters. The Balaban J connectivity index is 0.00000132. The summed E-state index contributed by atoms with van der Waals surface area (Å²) in [5.41, 5.74) is 3.08. The van der Waals surface area contributed by atoms with Crippen LogP contribution in [0.15, 0.2) is 36.5 Å². The van der Waals surface area contributed by atoms with Crippen LogP contribution in [0, 0.1) is 24.3 Å². The first-order valence-corrected chi connectivity index (χ1v) is 6.27. The zero-order chi connectivity index (χ0) is 13.7. The molecule has 4 rings (SSSR count). The maximum absolute atomic E-state index is 9.33. The third-order valence-corrected chi connectivity index (χ3v) is 3.53. The van der Waals surface area contributed by atoms with Gasteiger partial charge >= 0.3 is 0 Å². The van der Waals surface area contributed by atoms with Crippen LogP contribution in [0.5, 0.6) is 0 Å². The second kappa shape index (κ2) is 4.92. The van der Waals surface area contributed by atoms with Crippen LogP contribution in [-0.4, -0.2) is 14.4 Å². The molecule has 0 amide bonds. The van der Waals surface area contributed by atoms with E-state index in [1.165, 1.54) is 0 Å². The number of hydrogen-bond acceptors (Lipinski definition) is 3. The molecule has 1 radical (unpaired) electrons. The van der Waals surface area contributed by atoms with E-state index in [4.69, 9.17) is 0 Å². The second-order valence-corrected chi connectivity index (χ2v) is 4.63. The van der Waals surface area contributed by atoms with Crippen LogP contribution in [0.4, 0.5) is 0 Å². The maximum atomic E-state index is 9.33. The van der Waals surface area contributed by atoms with E-state index < -0.39 is 0 Å². The standard InChI is InChI=1S/C16H9N4.Ir/c1-10-19-13(9-17)16-12-6-4-8-18-15(12)11-5-2-3-7-14(11)20(10)16;/h2-4,6-8H,1H3;/q-1;. The van der Waals surface area contributed by atoms with Gasteiger partial charge < -0.3 is 9.38 Å².